The second-order valence-electron chi connectivity index (χ2n) is 3.22. The largest absolute Gasteiger partial charge is 0.416 e. The number of hydrogen-bond acceptors (Lipinski definition) is 2. The maximum Gasteiger partial charge on any atom is 0.416 e. The molecule has 8 heteroatoms. The summed E-state index contributed by atoms with van der Waals surface area (Å²) in [6, 6.07) is 1.53. The van der Waals surface area contributed by atoms with Crippen LogP contribution in [0.1, 0.15) is 5.56 Å². The second kappa shape index (κ2) is 3.73. The lowest BCUT2D eigenvalue weighted by Crippen LogP contribution is -2.33. The summed E-state index contributed by atoms with van der Waals surface area (Å²) in [5.74, 6) is -2.10. The van der Waals surface area contributed by atoms with Crippen LogP contribution in [0.2, 0.25) is 0 Å². The fraction of sp³-hybridized carbons (Fsp3) is 0.111. The van der Waals surface area contributed by atoms with Gasteiger partial charge in [-0.05, 0) is 28.1 Å². The van der Waals surface area contributed by atoms with Crippen molar-refractivity contribution in [3.63, 3.8) is 0 Å². The van der Waals surface area contributed by atoms with Crippen LogP contribution in [0, 0.1) is 0 Å². The zero-order valence-electron chi connectivity index (χ0n) is 7.93. The van der Waals surface area contributed by atoms with E-state index in [0.717, 1.165) is 12.1 Å². The molecular formula is C9H3BrF3N2O2. The van der Waals surface area contributed by atoms with Gasteiger partial charge >= 0.3 is 18.0 Å². The van der Waals surface area contributed by atoms with Crippen LogP contribution in [0.15, 0.2) is 16.6 Å². The monoisotopic (exact) mass is 307 g/mol. The molecule has 0 bridgehead atoms. The van der Waals surface area contributed by atoms with E-state index in [1.165, 1.54) is 0 Å². The van der Waals surface area contributed by atoms with Crippen LogP contribution in [0.4, 0.5) is 24.5 Å². The molecule has 0 saturated heterocycles. The van der Waals surface area contributed by atoms with Crippen LogP contribution in [0.3, 0.4) is 0 Å². The van der Waals surface area contributed by atoms with Crippen LogP contribution in [-0.2, 0) is 15.8 Å². The number of benzene rings is 1. The standard InChI is InChI=1S/C9H3BrF3N2O2/c10-4-1-3(9(11,12)13)2-5-6(4)15-8(17)7(16)14-5/h1-2H,(H,14,16). The Hall–Kier alpha value is -1.57. The third-order valence-corrected chi connectivity index (χ3v) is 2.65. The number of carbonyl (C=O) groups excluding carboxylic acids is 2. The van der Waals surface area contributed by atoms with Crippen molar-refractivity contribution in [2.75, 3.05) is 5.32 Å². The molecule has 1 N–H and O–H groups in total. The highest BCUT2D eigenvalue weighted by Gasteiger charge is 2.34. The Morgan fingerprint density at radius 2 is 1.88 bits per heavy atom. The number of carbonyl (C=O) groups is 2. The van der Waals surface area contributed by atoms with Gasteiger partial charge in [0.1, 0.15) is 5.69 Å². The molecular weight excluding hydrogens is 305 g/mol. The predicted octanol–water partition coefficient (Wildman–Crippen LogP) is 2.18. The normalized spacial score (nSPS) is 15.1. The van der Waals surface area contributed by atoms with Crippen molar-refractivity contribution in [3.05, 3.63) is 22.2 Å². The first-order valence-electron chi connectivity index (χ1n) is 4.27. The second-order valence-corrected chi connectivity index (χ2v) is 4.08. The van der Waals surface area contributed by atoms with Crippen LogP contribution in [0.25, 0.3) is 0 Å². The van der Waals surface area contributed by atoms with Gasteiger partial charge in [-0.3, -0.25) is 9.59 Å². The first-order chi connectivity index (χ1) is 7.79. The molecule has 1 aliphatic heterocycles. The Morgan fingerprint density at radius 3 is 2.47 bits per heavy atom. The van der Waals surface area contributed by atoms with Crippen molar-refractivity contribution < 1.29 is 22.8 Å². The molecule has 1 heterocycles. The quantitative estimate of drug-likeness (QED) is 0.747. The molecule has 1 aromatic carbocycles. The molecule has 1 aromatic rings. The van der Waals surface area contributed by atoms with E-state index in [2.05, 4.69) is 26.6 Å². The van der Waals surface area contributed by atoms with Gasteiger partial charge in [-0.1, -0.05) is 0 Å². The first-order valence-corrected chi connectivity index (χ1v) is 5.06. The van der Waals surface area contributed by atoms with Crippen LogP contribution < -0.4 is 10.6 Å². The molecule has 17 heavy (non-hydrogen) atoms. The van der Waals surface area contributed by atoms with Gasteiger partial charge in [0.2, 0.25) is 0 Å². The van der Waals surface area contributed by atoms with E-state index in [1.54, 1.807) is 0 Å². The number of fused-ring (bicyclic) bond motifs is 1. The van der Waals surface area contributed by atoms with Crippen molar-refractivity contribution in [1.29, 1.82) is 0 Å². The van der Waals surface area contributed by atoms with Crippen molar-refractivity contribution >= 4 is 39.1 Å². The molecule has 0 atom stereocenters. The highest BCUT2D eigenvalue weighted by atomic mass is 79.9. The van der Waals surface area contributed by atoms with Crippen molar-refractivity contribution in [3.8, 4) is 0 Å². The minimum absolute atomic E-state index is 0.00400. The third-order valence-electron chi connectivity index (χ3n) is 2.05. The molecule has 0 aromatic heterocycles. The minimum Gasteiger partial charge on any atom is -0.316 e. The molecule has 1 aliphatic rings. The highest BCUT2D eigenvalue weighted by Crippen LogP contribution is 2.40. The molecule has 2 amide bonds. The zero-order valence-corrected chi connectivity index (χ0v) is 9.52. The smallest absolute Gasteiger partial charge is 0.316 e. The number of hydrogen-bond donors (Lipinski definition) is 1. The number of anilines is 1. The number of amides is 2. The summed E-state index contributed by atoms with van der Waals surface area (Å²) in [4.78, 5) is 21.9. The summed E-state index contributed by atoms with van der Waals surface area (Å²) in [5.41, 5.74) is -1.09. The van der Waals surface area contributed by atoms with E-state index in [4.69, 9.17) is 0 Å². The molecule has 89 valence electrons. The number of nitrogens with one attached hydrogen (secondary N) is 1. The fourth-order valence-electron chi connectivity index (χ4n) is 1.30. The van der Waals surface area contributed by atoms with Gasteiger partial charge in [0, 0.05) is 4.47 Å². The predicted molar refractivity (Wildman–Crippen MR) is 54.6 cm³/mol. The van der Waals surface area contributed by atoms with Crippen molar-refractivity contribution in [2.45, 2.75) is 6.18 Å². The molecule has 0 spiro atoms. The minimum atomic E-state index is -4.54. The SMILES string of the molecule is O=C1[N]c2c(Br)cc(C(F)(F)F)cc2NC1=O. The molecule has 0 fully saturated rings. The third kappa shape index (κ3) is 2.12. The Kier molecular flexibility index (Phi) is 2.61. The summed E-state index contributed by atoms with van der Waals surface area (Å²) in [6.45, 7) is 0. The van der Waals surface area contributed by atoms with Crippen LogP contribution in [-0.4, -0.2) is 11.8 Å². The zero-order chi connectivity index (χ0) is 12.8. The summed E-state index contributed by atoms with van der Waals surface area (Å²) >= 11 is 2.88. The van der Waals surface area contributed by atoms with Crippen LogP contribution in [0.5, 0.6) is 0 Å². The maximum absolute atomic E-state index is 12.5. The van der Waals surface area contributed by atoms with Gasteiger partial charge in [0.25, 0.3) is 0 Å². The Labute approximate surface area is 101 Å². The molecule has 0 saturated carbocycles. The van der Waals surface area contributed by atoms with Crippen molar-refractivity contribution in [1.82, 2.24) is 5.32 Å². The summed E-state index contributed by atoms with van der Waals surface area (Å²) in [7, 11) is 0. The lowest BCUT2D eigenvalue weighted by Gasteiger charge is -2.18. The molecule has 4 nitrogen and oxygen atoms in total. The molecule has 2 rings (SSSR count). The molecule has 1 radical (unpaired) electrons. The van der Waals surface area contributed by atoms with Gasteiger partial charge < -0.3 is 5.32 Å². The Morgan fingerprint density at radius 1 is 1.24 bits per heavy atom. The molecule has 0 unspecified atom stereocenters. The first kappa shape index (κ1) is 11.9. The van der Waals surface area contributed by atoms with Crippen molar-refractivity contribution in [2.24, 2.45) is 0 Å². The van der Waals surface area contributed by atoms with Gasteiger partial charge in [-0.2, -0.15) is 13.2 Å². The number of nitrogens with zero attached hydrogens (tertiary/aromatic N) is 1. The average Bonchev–Trinajstić information content (AvgIpc) is 2.19. The Bertz CT molecular complexity index is 528. The molecule has 0 aliphatic carbocycles. The van der Waals surface area contributed by atoms with Gasteiger partial charge in [0.15, 0.2) is 0 Å². The summed E-state index contributed by atoms with van der Waals surface area (Å²) < 4.78 is 37.4. The van der Waals surface area contributed by atoms with E-state index >= 15 is 0 Å². The highest BCUT2D eigenvalue weighted by molar-refractivity contribution is 9.10. The lowest BCUT2D eigenvalue weighted by molar-refractivity contribution is -0.137. The van der Waals surface area contributed by atoms with E-state index in [1.807, 2.05) is 0 Å². The fourth-order valence-corrected chi connectivity index (χ4v) is 1.85. The van der Waals surface area contributed by atoms with E-state index in [-0.39, 0.29) is 15.8 Å². The van der Waals surface area contributed by atoms with E-state index in [9.17, 15) is 22.8 Å². The Balaban J connectivity index is 2.55. The number of alkyl halides is 3. The lowest BCUT2D eigenvalue weighted by atomic mass is 10.1. The van der Waals surface area contributed by atoms with Gasteiger partial charge in [-0.15, -0.1) is 0 Å². The van der Waals surface area contributed by atoms with E-state index < -0.39 is 23.6 Å². The summed E-state index contributed by atoms with van der Waals surface area (Å²) in [5, 5.41) is 5.44. The number of rotatable bonds is 0. The van der Waals surface area contributed by atoms with E-state index in [0.29, 0.717) is 0 Å². The maximum atomic E-state index is 12.5. The summed E-state index contributed by atoms with van der Waals surface area (Å²) in [6.07, 6.45) is -4.54. The average molecular weight is 308 g/mol. The van der Waals surface area contributed by atoms with Gasteiger partial charge in [0.05, 0.1) is 11.3 Å². The number of halogens is 4. The van der Waals surface area contributed by atoms with Crippen LogP contribution >= 0.6 is 15.9 Å². The van der Waals surface area contributed by atoms with Gasteiger partial charge in [-0.25, -0.2) is 5.32 Å². The topological polar surface area (TPSA) is 60.3 Å².